The molecule has 11 heteroatoms. The maximum atomic E-state index is 12.8. The van der Waals surface area contributed by atoms with Crippen LogP contribution in [-0.4, -0.2) is 37.4 Å². The topological polar surface area (TPSA) is 137 Å². The van der Waals surface area contributed by atoms with Crippen molar-refractivity contribution in [2.24, 2.45) is 5.10 Å². The predicted octanol–water partition coefficient (Wildman–Crippen LogP) is 3.26. The summed E-state index contributed by atoms with van der Waals surface area (Å²) in [6.07, 6.45) is 5.08. The lowest BCUT2D eigenvalue weighted by Crippen LogP contribution is -2.20. The molecule has 4 rings (SSSR count). The van der Waals surface area contributed by atoms with Crippen molar-refractivity contribution in [2.75, 3.05) is 5.73 Å². The highest BCUT2D eigenvalue weighted by molar-refractivity contribution is 7.98. The van der Waals surface area contributed by atoms with Crippen LogP contribution < -0.4 is 11.2 Å². The lowest BCUT2D eigenvalue weighted by molar-refractivity contribution is 0.0949. The second-order valence-corrected chi connectivity index (χ2v) is 7.91. The molecule has 0 radical (unpaired) electrons. The van der Waals surface area contributed by atoms with Crippen LogP contribution in [0.1, 0.15) is 27.3 Å². The standard InChI is InChI=1S/C22H20N8O2S/c1-15-9-11-17(12-10-15)33-14-18-19(25-29-30(18)21-20(23)27-32-28-21)22(31)26-24-13-5-8-16-6-3-2-4-7-16/h2-13H,14H2,1H3,(H2,23,27)(H,26,31)/b8-5+,24-13-. The van der Waals surface area contributed by atoms with Gasteiger partial charge in [0.1, 0.15) is 0 Å². The van der Waals surface area contributed by atoms with E-state index in [0.717, 1.165) is 16.0 Å². The van der Waals surface area contributed by atoms with E-state index in [1.54, 1.807) is 6.08 Å². The summed E-state index contributed by atoms with van der Waals surface area (Å²) in [6, 6.07) is 17.8. The van der Waals surface area contributed by atoms with E-state index in [1.165, 1.54) is 22.7 Å². The summed E-state index contributed by atoms with van der Waals surface area (Å²) in [5, 5.41) is 19.4. The van der Waals surface area contributed by atoms with Gasteiger partial charge in [0.2, 0.25) is 11.6 Å². The average Bonchev–Trinajstić information content (AvgIpc) is 3.44. The van der Waals surface area contributed by atoms with Crippen molar-refractivity contribution in [1.29, 1.82) is 0 Å². The predicted molar refractivity (Wildman–Crippen MR) is 126 cm³/mol. The molecular weight excluding hydrogens is 440 g/mol. The number of hydrazone groups is 1. The van der Waals surface area contributed by atoms with Crippen LogP contribution in [0.3, 0.4) is 0 Å². The van der Waals surface area contributed by atoms with Crippen LogP contribution in [0.25, 0.3) is 11.9 Å². The number of thioether (sulfide) groups is 1. The number of carbonyl (C=O) groups excluding carboxylic acids is 1. The minimum Gasteiger partial charge on any atom is -0.378 e. The fourth-order valence-corrected chi connectivity index (χ4v) is 3.70. The van der Waals surface area contributed by atoms with Gasteiger partial charge in [0, 0.05) is 16.9 Å². The SMILES string of the molecule is Cc1ccc(SCc2c(C(=O)N/N=C\C=C\c3ccccc3)nnn2-c2nonc2N)cc1. The van der Waals surface area contributed by atoms with E-state index in [9.17, 15) is 4.79 Å². The zero-order valence-electron chi connectivity index (χ0n) is 17.6. The molecule has 2 aromatic heterocycles. The van der Waals surface area contributed by atoms with Gasteiger partial charge >= 0.3 is 0 Å². The fourth-order valence-electron chi connectivity index (χ4n) is 2.81. The monoisotopic (exact) mass is 460 g/mol. The number of amides is 1. The Hall–Kier alpha value is -4.25. The minimum atomic E-state index is -0.514. The number of hydrogen-bond acceptors (Lipinski definition) is 9. The van der Waals surface area contributed by atoms with E-state index in [1.807, 2.05) is 67.6 Å². The number of allylic oxidation sites excluding steroid dienone is 1. The summed E-state index contributed by atoms with van der Waals surface area (Å²) >= 11 is 1.52. The van der Waals surface area contributed by atoms with Crippen LogP contribution in [0.2, 0.25) is 0 Å². The van der Waals surface area contributed by atoms with Crippen LogP contribution in [0.5, 0.6) is 0 Å². The number of nitrogens with two attached hydrogens (primary N) is 1. The highest BCUT2D eigenvalue weighted by Crippen LogP contribution is 2.26. The molecule has 166 valence electrons. The highest BCUT2D eigenvalue weighted by atomic mass is 32.2. The third-order valence-corrected chi connectivity index (χ3v) is 5.51. The van der Waals surface area contributed by atoms with E-state index in [-0.39, 0.29) is 17.3 Å². The third-order valence-electron chi connectivity index (χ3n) is 4.49. The maximum absolute atomic E-state index is 12.8. The van der Waals surface area contributed by atoms with Gasteiger partial charge in [-0.15, -0.1) is 16.9 Å². The lowest BCUT2D eigenvalue weighted by Gasteiger charge is -2.06. The first kappa shape index (κ1) is 22.0. The van der Waals surface area contributed by atoms with Crippen molar-refractivity contribution >= 4 is 35.8 Å². The van der Waals surface area contributed by atoms with Crippen LogP contribution in [0.15, 0.2) is 75.3 Å². The molecule has 0 aliphatic heterocycles. The Bertz CT molecular complexity index is 1280. The molecule has 0 aliphatic carbocycles. The van der Waals surface area contributed by atoms with Gasteiger partial charge < -0.3 is 5.73 Å². The number of nitrogen functional groups attached to an aromatic ring is 1. The van der Waals surface area contributed by atoms with Crippen molar-refractivity contribution in [3.63, 3.8) is 0 Å². The third kappa shape index (κ3) is 5.52. The Morgan fingerprint density at radius 3 is 2.70 bits per heavy atom. The molecular formula is C22H20N8O2S. The molecule has 0 atom stereocenters. The fraction of sp³-hybridized carbons (Fsp3) is 0.0909. The lowest BCUT2D eigenvalue weighted by atomic mass is 10.2. The molecule has 0 saturated heterocycles. The van der Waals surface area contributed by atoms with Crippen LogP contribution >= 0.6 is 11.8 Å². The van der Waals surface area contributed by atoms with Crippen LogP contribution in [0, 0.1) is 6.92 Å². The van der Waals surface area contributed by atoms with Gasteiger partial charge in [-0.3, -0.25) is 4.79 Å². The van der Waals surface area contributed by atoms with Crippen molar-refractivity contribution in [3.8, 4) is 5.82 Å². The van der Waals surface area contributed by atoms with Crippen LogP contribution in [0.4, 0.5) is 5.82 Å². The molecule has 2 aromatic carbocycles. The molecule has 0 fully saturated rings. The van der Waals surface area contributed by atoms with Crippen molar-refractivity contribution in [1.82, 2.24) is 30.7 Å². The van der Waals surface area contributed by atoms with Crippen molar-refractivity contribution in [2.45, 2.75) is 17.6 Å². The molecule has 33 heavy (non-hydrogen) atoms. The van der Waals surface area contributed by atoms with Gasteiger partial charge in [0.05, 0.1) is 5.69 Å². The van der Waals surface area contributed by atoms with Gasteiger partial charge in [-0.1, -0.05) is 59.3 Å². The zero-order valence-corrected chi connectivity index (χ0v) is 18.4. The van der Waals surface area contributed by atoms with Gasteiger partial charge in [-0.2, -0.15) is 9.78 Å². The summed E-state index contributed by atoms with van der Waals surface area (Å²) in [6.45, 7) is 2.02. The number of rotatable bonds is 8. The molecule has 0 unspecified atom stereocenters. The van der Waals surface area contributed by atoms with Gasteiger partial charge in [0.15, 0.2) is 5.69 Å². The van der Waals surface area contributed by atoms with E-state index < -0.39 is 5.91 Å². The first-order chi connectivity index (χ1) is 16.1. The Kier molecular flexibility index (Phi) is 6.90. The largest absolute Gasteiger partial charge is 0.378 e. The molecule has 0 aliphatic rings. The molecule has 0 saturated carbocycles. The number of nitrogens with zero attached hydrogens (tertiary/aromatic N) is 6. The van der Waals surface area contributed by atoms with Gasteiger partial charge in [0.25, 0.3) is 5.91 Å². The number of anilines is 1. The van der Waals surface area contributed by atoms with Gasteiger partial charge in [-0.25, -0.2) is 10.1 Å². The van der Waals surface area contributed by atoms with Crippen molar-refractivity contribution < 1.29 is 9.42 Å². The Morgan fingerprint density at radius 2 is 1.97 bits per heavy atom. The summed E-state index contributed by atoms with van der Waals surface area (Å²) in [7, 11) is 0. The molecule has 3 N–H and O–H groups in total. The van der Waals surface area contributed by atoms with E-state index in [0.29, 0.717) is 11.4 Å². The first-order valence-corrected chi connectivity index (χ1v) is 10.9. The second-order valence-electron chi connectivity index (χ2n) is 6.86. The van der Waals surface area contributed by atoms with Crippen LogP contribution in [-0.2, 0) is 5.75 Å². The van der Waals surface area contributed by atoms with Gasteiger partial charge in [-0.05, 0) is 41.0 Å². The minimum absolute atomic E-state index is 0.0394. The smallest absolute Gasteiger partial charge is 0.293 e. The Labute approximate surface area is 193 Å². The summed E-state index contributed by atoms with van der Waals surface area (Å²) < 4.78 is 6.02. The average molecular weight is 461 g/mol. The number of aryl methyl sites for hydroxylation is 1. The first-order valence-electron chi connectivity index (χ1n) is 9.89. The number of hydrogen-bond donors (Lipinski definition) is 2. The summed E-state index contributed by atoms with van der Waals surface area (Å²) in [4.78, 5) is 13.8. The number of aromatic nitrogens is 5. The normalized spacial score (nSPS) is 11.4. The molecule has 10 nitrogen and oxygen atoms in total. The second kappa shape index (κ2) is 10.4. The Balaban J connectivity index is 1.51. The van der Waals surface area contributed by atoms with Crippen molar-refractivity contribution in [3.05, 3.63) is 83.2 Å². The molecule has 0 spiro atoms. The quantitative estimate of drug-likeness (QED) is 0.232. The number of nitrogens with one attached hydrogen (secondary N) is 1. The highest BCUT2D eigenvalue weighted by Gasteiger charge is 2.23. The van der Waals surface area contributed by atoms with E-state index in [2.05, 4.69) is 35.8 Å². The zero-order chi connectivity index (χ0) is 23.0. The Morgan fingerprint density at radius 1 is 1.18 bits per heavy atom. The van der Waals surface area contributed by atoms with E-state index >= 15 is 0 Å². The number of benzene rings is 2. The number of carbonyl (C=O) groups is 1. The summed E-state index contributed by atoms with van der Waals surface area (Å²) in [5.41, 5.74) is 11.0. The molecule has 2 heterocycles. The summed E-state index contributed by atoms with van der Waals surface area (Å²) in [5.74, 6) is 0.0657. The molecule has 0 bridgehead atoms. The van der Waals surface area contributed by atoms with E-state index in [4.69, 9.17) is 5.73 Å². The maximum Gasteiger partial charge on any atom is 0.293 e. The molecule has 1 amide bonds. The molecule has 4 aromatic rings.